The molecule has 1 rings (SSSR count). The third kappa shape index (κ3) is 1.51. The minimum atomic E-state index is -2.52. The van der Waals surface area contributed by atoms with Crippen LogP contribution >= 0.6 is 15.9 Å². The summed E-state index contributed by atoms with van der Waals surface area (Å²) in [6.07, 6.45) is -2.52. The van der Waals surface area contributed by atoms with Gasteiger partial charge in [0, 0.05) is 0 Å². The first-order valence-electron chi connectivity index (χ1n) is 2.23. The first-order chi connectivity index (χ1) is 4.20. The number of alkyl halides is 2. The molecule has 0 amide bonds. The summed E-state index contributed by atoms with van der Waals surface area (Å²) in [4.78, 5) is 0. The van der Waals surface area contributed by atoms with Gasteiger partial charge in [-0.3, -0.25) is 0 Å². The van der Waals surface area contributed by atoms with E-state index in [4.69, 9.17) is 0 Å². The van der Waals surface area contributed by atoms with Gasteiger partial charge in [-0.15, -0.1) is 0 Å². The molecule has 1 aromatic heterocycles. The van der Waals surface area contributed by atoms with Crippen molar-refractivity contribution in [1.82, 2.24) is 0 Å². The summed E-state index contributed by atoms with van der Waals surface area (Å²) in [6.45, 7) is 0. The van der Waals surface area contributed by atoms with E-state index in [1.54, 1.807) is 0 Å². The second kappa shape index (κ2) is 2.47. The molecule has 0 atom stereocenters. The van der Waals surface area contributed by atoms with Crippen LogP contribution in [0.1, 0.15) is 12.2 Å². The van der Waals surface area contributed by atoms with Crippen molar-refractivity contribution < 1.29 is 13.2 Å². The smallest absolute Gasteiger partial charge is 0.295 e. The number of hydrogen-bond acceptors (Lipinski definition) is 1. The molecule has 0 aliphatic rings. The van der Waals surface area contributed by atoms with Gasteiger partial charge in [-0.05, 0) is 28.1 Å². The molecule has 1 heterocycles. The topological polar surface area (TPSA) is 13.1 Å². The third-order valence-corrected chi connectivity index (χ3v) is 1.24. The van der Waals surface area contributed by atoms with Crippen LogP contribution in [0.3, 0.4) is 0 Å². The third-order valence-electron chi connectivity index (χ3n) is 0.809. The molecule has 1 aromatic rings. The number of furan rings is 1. The molecule has 0 aliphatic heterocycles. The molecule has 0 spiro atoms. The van der Waals surface area contributed by atoms with Gasteiger partial charge in [0.1, 0.15) is 0 Å². The van der Waals surface area contributed by atoms with E-state index in [0.717, 1.165) is 0 Å². The Bertz CT molecular complexity index is 197. The highest BCUT2D eigenvalue weighted by atomic mass is 79.9. The average Bonchev–Trinajstić information content (AvgIpc) is 2.14. The molecule has 9 heavy (non-hydrogen) atoms. The zero-order valence-corrected chi connectivity index (χ0v) is 5.86. The predicted octanol–water partition coefficient (Wildman–Crippen LogP) is 2.98. The average molecular weight is 197 g/mol. The number of hydrogen-bond donors (Lipinski definition) is 0. The van der Waals surface area contributed by atoms with Crippen LogP contribution in [-0.4, -0.2) is 0 Å². The summed E-state index contributed by atoms with van der Waals surface area (Å²) in [5.74, 6) is -0.304. The van der Waals surface area contributed by atoms with Crippen molar-refractivity contribution >= 4 is 15.9 Å². The second-order valence-corrected chi connectivity index (χ2v) is 2.22. The van der Waals surface area contributed by atoms with Gasteiger partial charge in [-0.25, -0.2) is 8.78 Å². The lowest BCUT2D eigenvalue weighted by molar-refractivity contribution is 0.120. The fourth-order valence-electron chi connectivity index (χ4n) is 0.446. The lowest BCUT2D eigenvalue weighted by Gasteiger charge is -1.88. The molecule has 0 saturated heterocycles. The Morgan fingerprint density at radius 1 is 1.44 bits per heavy atom. The van der Waals surface area contributed by atoms with Crippen LogP contribution in [0.4, 0.5) is 8.78 Å². The van der Waals surface area contributed by atoms with Gasteiger partial charge >= 0.3 is 0 Å². The van der Waals surface area contributed by atoms with Gasteiger partial charge in [-0.1, -0.05) is 0 Å². The van der Waals surface area contributed by atoms with E-state index in [9.17, 15) is 8.78 Å². The Morgan fingerprint density at radius 3 is 2.33 bits per heavy atom. The van der Waals surface area contributed by atoms with Crippen LogP contribution in [0.2, 0.25) is 0 Å². The summed E-state index contributed by atoms with van der Waals surface area (Å²) in [5, 5.41) is 0. The summed E-state index contributed by atoms with van der Waals surface area (Å²) in [7, 11) is 0. The zero-order chi connectivity index (χ0) is 6.85. The largest absolute Gasteiger partial charge is 0.448 e. The molecule has 0 N–H and O–H groups in total. The van der Waals surface area contributed by atoms with Crippen molar-refractivity contribution in [2.45, 2.75) is 6.43 Å². The first-order valence-corrected chi connectivity index (χ1v) is 3.03. The minimum Gasteiger partial charge on any atom is -0.448 e. The maximum atomic E-state index is 11.7. The van der Waals surface area contributed by atoms with Crippen molar-refractivity contribution in [3.63, 3.8) is 0 Å². The van der Waals surface area contributed by atoms with E-state index in [1.165, 1.54) is 12.1 Å². The highest BCUT2D eigenvalue weighted by molar-refractivity contribution is 9.10. The van der Waals surface area contributed by atoms with E-state index in [1.807, 2.05) is 0 Å². The Balaban J connectivity index is 2.85. The van der Waals surface area contributed by atoms with Crippen LogP contribution in [0.25, 0.3) is 0 Å². The quantitative estimate of drug-likeness (QED) is 0.674. The van der Waals surface area contributed by atoms with Gasteiger partial charge < -0.3 is 4.42 Å². The van der Waals surface area contributed by atoms with E-state index in [-0.39, 0.29) is 5.76 Å². The van der Waals surface area contributed by atoms with Crippen molar-refractivity contribution in [1.29, 1.82) is 0 Å². The highest BCUT2D eigenvalue weighted by Gasteiger charge is 2.10. The molecular weight excluding hydrogens is 194 g/mol. The molecule has 0 bridgehead atoms. The molecule has 1 nitrogen and oxygen atoms in total. The van der Waals surface area contributed by atoms with E-state index < -0.39 is 6.43 Å². The lowest BCUT2D eigenvalue weighted by Crippen LogP contribution is -1.74. The molecule has 0 aromatic carbocycles. The fourth-order valence-corrected chi connectivity index (χ4v) is 0.765. The Kier molecular flexibility index (Phi) is 1.85. The highest BCUT2D eigenvalue weighted by Crippen LogP contribution is 2.23. The van der Waals surface area contributed by atoms with Gasteiger partial charge in [0.15, 0.2) is 10.4 Å². The summed E-state index contributed by atoms with van der Waals surface area (Å²) >= 11 is 2.90. The molecule has 0 saturated carbocycles. The molecular formula is C5H3BrF2O. The lowest BCUT2D eigenvalue weighted by atomic mass is 10.5. The SMILES string of the molecule is FC(F)c1ccc(Br)o1. The van der Waals surface area contributed by atoms with Crippen LogP contribution in [0.15, 0.2) is 21.2 Å². The van der Waals surface area contributed by atoms with Crippen LogP contribution < -0.4 is 0 Å². The predicted molar refractivity (Wildman–Crippen MR) is 31.4 cm³/mol. The maximum Gasteiger partial charge on any atom is 0.295 e. The molecule has 0 unspecified atom stereocenters. The van der Waals surface area contributed by atoms with Crippen molar-refractivity contribution in [3.05, 3.63) is 22.6 Å². The normalized spacial score (nSPS) is 10.7. The Morgan fingerprint density at radius 2 is 2.11 bits per heavy atom. The summed E-state index contributed by atoms with van der Waals surface area (Å²) < 4.78 is 28.2. The van der Waals surface area contributed by atoms with E-state index in [2.05, 4.69) is 20.3 Å². The van der Waals surface area contributed by atoms with E-state index >= 15 is 0 Å². The van der Waals surface area contributed by atoms with Gasteiger partial charge in [0.25, 0.3) is 6.43 Å². The summed E-state index contributed by atoms with van der Waals surface area (Å²) in [5.41, 5.74) is 0. The van der Waals surface area contributed by atoms with Gasteiger partial charge in [0.2, 0.25) is 0 Å². The van der Waals surface area contributed by atoms with Crippen LogP contribution in [0, 0.1) is 0 Å². The number of rotatable bonds is 1. The van der Waals surface area contributed by atoms with Crippen LogP contribution in [-0.2, 0) is 0 Å². The zero-order valence-electron chi connectivity index (χ0n) is 4.27. The van der Waals surface area contributed by atoms with Crippen LogP contribution in [0.5, 0.6) is 0 Å². The Labute approximate surface area is 58.8 Å². The molecule has 0 aliphatic carbocycles. The monoisotopic (exact) mass is 196 g/mol. The van der Waals surface area contributed by atoms with Gasteiger partial charge in [-0.2, -0.15) is 0 Å². The van der Waals surface area contributed by atoms with E-state index in [0.29, 0.717) is 4.67 Å². The summed E-state index contributed by atoms with van der Waals surface area (Å²) in [6, 6.07) is 2.66. The minimum absolute atomic E-state index is 0.304. The van der Waals surface area contributed by atoms with Crippen molar-refractivity contribution in [3.8, 4) is 0 Å². The molecule has 50 valence electrons. The first kappa shape index (κ1) is 6.74. The molecule has 4 heteroatoms. The van der Waals surface area contributed by atoms with Crippen molar-refractivity contribution in [2.24, 2.45) is 0 Å². The second-order valence-electron chi connectivity index (χ2n) is 1.44. The molecule has 0 radical (unpaired) electrons. The number of halogens is 3. The van der Waals surface area contributed by atoms with Gasteiger partial charge in [0.05, 0.1) is 0 Å². The van der Waals surface area contributed by atoms with Crippen molar-refractivity contribution in [2.75, 3.05) is 0 Å². The Hall–Kier alpha value is -0.380. The molecule has 0 fully saturated rings. The standard InChI is InChI=1S/C5H3BrF2O/c6-4-2-1-3(9-4)5(7)8/h1-2,5H. The maximum absolute atomic E-state index is 11.7. The fraction of sp³-hybridized carbons (Fsp3) is 0.200.